The Morgan fingerprint density at radius 1 is 1.19 bits per heavy atom. The van der Waals surface area contributed by atoms with Gasteiger partial charge in [0.05, 0.1) is 17.3 Å². The first-order valence-electron chi connectivity index (χ1n) is 8.19. The third-order valence-electron chi connectivity index (χ3n) is 5.24. The molecule has 8 nitrogen and oxygen atoms in total. The van der Waals surface area contributed by atoms with Gasteiger partial charge in [-0.15, -0.1) is 0 Å². The summed E-state index contributed by atoms with van der Waals surface area (Å²) in [5.41, 5.74) is -6.56. The summed E-state index contributed by atoms with van der Waals surface area (Å²) in [5, 5.41) is 0. The average Bonchev–Trinajstić information content (AvgIpc) is 3.07. The Bertz CT molecular complexity index is 801. The Hall–Kier alpha value is -1.85. The molecule has 12 heteroatoms. The van der Waals surface area contributed by atoms with Crippen LogP contribution in [0.25, 0.3) is 0 Å². The van der Waals surface area contributed by atoms with Gasteiger partial charge in [-0.1, -0.05) is 0 Å². The molecule has 0 spiro atoms. The van der Waals surface area contributed by atoms with Gasteiger partial charge in [0.2, 0.25) is 5.91 Å². The zero-order valence-electron chi connectivity index (χ0n) is 14.6. The topological polar surface area (TPSA) is 116 Å². The molecule has 3 fully saturated rings. The maximum Gasteiger partial charge on any atom is 0.516 e. The highest BCUT2D eigenvalue weighted by atomic mass is 32.2. The molecule has 0 radical (unpaired) electrons. The lowest BCUT2D eigenvalue weighted by Gasteiger charge is -2.32. The van der Waals surface area contributed by atoms with E-state index in [4.69, 9.17) is 9.47 Å². The van der Waals surface area contributed by atoms with E-state index >= 15 is 0 Å². The highest BCUT2D eigenvalue weighted by molar-refractivity contribution is 7.90. The minimum absolute atomic E-state index is 0.216. The minimum atomic E-state index is -5.91. The molecule has 152 valence electrons. The number of carbonyl (C=O) groups excluding carboxylic acids is 3. The van der Waals surface area contributed by atoms with E-state index in [1.165, 1.54) is 0 Å². The van der Waals surface area contributed by atoms with E-state index < -0.39 is 74.7 Å². The van der Waals surface area contributed by atoms with Gasteiger partial charge in [0.15, 0.2) is 0 Å². The zero-order valence-corrected chi connectivity index (χ0v) is 15.4. The first-order chi connectivity index (χ1) is 12.1. The number of amides is 1. The Kier molecular flexibility index (Phi) is 4.29. The summed E-state index contributed by atoms with van der Waals surface area (Å²) in [4.78, 5) is 36.6. The quantitative estimate of drug-likeness (QED) is 0.678. The van der Waals surface area contributed by atoms with Crippen molar-refractivity contribution in [3.8, 4) is 0 Å². The van der Waals surface area contributed by atoms with E-state index in [0.29, 0.717) is 0 Å². The Labute approximate surface area is 152 Å². The number of carbonyl (C=O) groups is 3. The summed E-state index contributed by atoms with van der Waals surface area (Å²) in [5.74, 6) is -6.60. The molecule has 3 aliphatic rings. The SMILES string of the molecule is CC(C)(C)C(=O)OC1C2CC3C1OC(=O)C3C2C(=O)NS(=O)(=O)C(F)(F)F. The maximum absolute atomic E-state index is 12.5. The molecule has 1 amide bonds. The van der Waals surface area contributed by atoms with Crippen molar-refractivity contribution in [1.82, 2.24) is 4.72 Å². The van der Waals surface area contributed by atoms with Crippen LogP contribution in [-0.4, -0.2) is 44.0 Å². The lowest BCUT2D eigenvalue weighted by atomic mass is 9.78. The number of nitrogens with one attached hydrogen (secondary N) is 1. The summed E-state index contributed by atoms with van der Waals surface area (Å²) in [6, 6.07) is 0. The maximum atomic E-state index is 12.5. The Morgan fingerprint density at radius 2 is 1.78 bits per heavy atom. The Morgan fingerprint density at radius 3 is 2.30 bits per heavy atom. The summed E-state index contributed by atoms with van der Waals surface area (Å²) in [6.07, 6.45) is -1.57. The molecule has 2 saturated carbocycles. The fraction of sp³-hybridized carbons (Fsp3) is 0.800. The van der Waals surface area contributed by atoms with Crippen LogP contribution in [0, 0.1) is 29.1 Å². The second-order valence-corrected chi connectivity index (χ2v) is 9.73. The van der Waals surface area contributed by atoms with Gasteiger partial charge in [0.25, 0.3) is 0 Å². The van der Waals surface area contributed by atoms with Gasteiger partial charge in [-0.3, -0.25) is 14.4 Å². The average molecular weight is 413 g/mol. The lowest BCUT2D eigenvalue weighted by Crippen LogP contribution is -2.50. The smallest absolute Gasteiger partial charge is 0.458 e. The molecule has 1 saturated heterocycles. The van der Waals surface area contributed by atoms with Crippen LogP contribution in [0.1, 0.15) is 27.2 Å². The predicted octanol–water partition coefficient (Wildman–Crippen LogP) is 0.718. The van der Waals surface area contributed by atoms with Crippen molar-refractivity contribution in [3.05, 3.63) is 0 Å². The third-order valence-corrected chi connectivity index (χ3v) is 6.32. The fourth-order valence-corrected chi connectivity index (χ4v) is 4.58. The fourth-order valence-electron chi connectivity index (χ4n) is 4.06. The van der Waals surface area contributed by atoms with Crippen LogP contribution in [-0.2, 0) is 33.9 Å². The number of alkyl halides is 3. The van der Waals surface area contributed by atoms with E-state index in [1.807, 2.05) is 0 Å². The molecular weight excluding hydrogens is 395 g/mol. The summed E-state index contributed by atoms with van der Waals surface area (Å²) >= 11 is 0. The molecule has 1 N–H and O–H groups in total. The van der Waals surface area contributed by atoms with Gasteiger partial charge < -0.3 is 9.47 Å². The van der Waals surface area contributed by atoms with Gasteiger partial charge in [-0.2, -0.15) is 21.6 Å². The number of rotatable bonds is 3. The standard InChI is InChI=1S/C15H18F3NO7S/c1-14(2,3)13(22)26-10-5-4-6-8(12(21)25-9(6)10)7(5)11(20)19-27(23,24)15(16,17)18/h5-10H,4H2,1-3H3,(H,19,20). The molecule has 2 aliphatic carbocycles. The number of sulfonamides is 1. The van der Waals surface area contributed by atoms with Crippen LogP contribution < -0.4 is 4.72 Å². The van der Waals surface area contributed by atoms with Crippen molar-refractivity contribution in [1.29, 1.82) is 0 Å². The molecule has 1 heterocycles. The van der Waals surface area contributed by atoms with Crippen molar-refractivity contribution >= 4 is 27.9 Å². The first kappa shape index (κ1) is 19.9. The second kappa shape index (κ2) is 5.82. The normalized spacial score (nSPS) is 35.1. The highest BCUT2D eigenvalue weighted by Crippen LogP contribution is 2.59. The molecule has 0 aromatic heterocycles. The molecule has 6 atom stereocenters. The van der Waals surface area contributed by atoms with Crippen molar-refractivity contribution in [2.75, 3.05) is 0 Å². The van der Waals surface area contributed by atoms with Crippen molar-refractivity contribution in [3.63, 3.8) is 0 Å². The summed E-state index contributed by atoms with van der Waals surface area (Å²) in [7, 11) is -5.91. The van der Waals surface area contributed by atoms with Crippen molar-refractivity contribution in [2.24, 2.45) is 29.1 Å². The number of esters is 2. The molecule has 27 heavy (non-hydrogen) atoms. The van der Waals surface area contributed by atoms with Crippen LogP contribution >= 0.6 is 0 Å². The highest BCUT2D eigenvalue weighted by Gasteiger charge is 2.70. The van der Waals surface area contributed by atoms with E-state index in [9.17, 15) is 36.0 Å². The molecule has 0 aromatic rings. The van der Waals surface area contributed by atoms with Gasteiger partial charge in [-0.05, 0) is 27.2 Å². The molecular formula is C15H18F3NO7S. The van der Waals surface area contributed by atoms with Gasteiger partial charge in [0.1, 0.15) is 12.2 Å². The van der Waals surface area contributed by atoms with Crippen LogP contribution in [0.3, 0.4) is 0 Å². The van der Waals surface area contributed by atoms with E-state index in [1.54, 1.807) is 20.8 Å². The predicted molar refractivity (Wildman–Crippen MR) is 80.9 cm³/mol. The van der Waals surface area contributed by atoms with Crippen molar-refractivity contribution in [2.45, 2.75) is 44.9 Å². The molecule has 3 rings (SSSR count). The van der Waals surface area contributed by atoms with Gasteiger partial charge >= 0.3 is 27.5 Å². The number of ether oxygens (including phenoxy) is 2. The van der Waals surface area contributed by atoms with Gasteiger partial charge in [0, 0.05) is 11.8 Å². The van der Waals surface area contributed by atoms with Crippen molar-refractivity contribution < 1.29 is 45.4 Å². The first-order valence-corrected chi connectivity index (χ1v) is 9.68. The van der Waals surface area contributed by atoms with Crippen LogP contribution in [0.5, 0.6) is 0 Å². The number of fused-ring (bicyclic) bond motifs is 1. The van der Waals surface area contributed by atoms with E-state index in [2.05, 4.69) is 0 Å². The molecule has 0 aromatic carbocycles. The number of halogens is 3. The van der Waals surface area contributed by atoms with Crippen LogP contribution in [0.15, 0.2) is 0 Å². The summed E-state index contributed by atoms with van der Waals surface area (Å²) < 4.78 is 71.7. The third kappa shape index (κ3) is 3.07. The van der Waals surface area contributed by atoms with Crippen LogP contribution in [0.4, 0.5) is 13.2 Å². The molecule has 2 bridgehead atoms. The molecule has 6 unspecified atom stereocenters. The zero-order chi connectivity index (χ0) is 20.5. The molecule has 1 aliphatic heterocycles. The van der Waals surface area contributed by atoms with E-state index in [0.717, 1.165) is 4.72 Å². The number of hydrogen-bond acceptors (Lipinski definition) is 7. The lowest BCUT2D eigenvalue weighted by molar-refractivity contribution is -0.170. The summed E-state index contributed by atoms with van der Waals surface area (Å²) in [6.45, 7) is 4.77. The van der Waals surface area contributed by atoms with E-state index in [-0.39, 0.29) is 6.42 Å². The monoisotopic (exact) mass is 413 g/mol. The van der Waals surface area contributed by atoms with Crippen LogP contribution in [0.2, 0.25) is 0 Å². The van der Waals surface area contributed by atoms with Gasteiger partial charge in [-0.25, -0.2) is 4.72 Å². The largest absolute Gasteiger partial charge is 0.516 e. The second-order valence-electron chi connectivity index (χ2n) is 8.05. The minimum Gasteiger partial charge on any atom is -0.458 e. The number of hydrogen-bond donors (Lipinski definition) is 1. The Balaban J connectivity index is 1.86.